The molecular weight excluding hydrogens is 363 g/mol. The predicted octanol–water partition coefficient (Wildman–Crippen LogP) is 3.21. The molecule has 0 radical (unpaired) electrons. The van der Waals surface area contributed by atoms with Gasteiger partial charge >= 0.3 is 7.12 Å². The molecule has 4 rings (SSSR count). The second kappa shape index (κ2) is 7.53. The summed E-state index contributed by atoms with van der Waals surface area (Å²) < 4.78 is 12.3. The highest BCUT2D eigenvalue weighted by molar-refractivity contribution is 6.62. The molecule has 0 unspecified atom stereocenters. The lowest BCUT2D eigenvalue weighted by Gasteiger charge is -2.32. The summed E-state index contributed by atoms with van der Waals surface area (Å²) in [7, 11) is 3.97. The van der Waals surface area contributed by atoms with Crippen LogP contribution in [-0.4, -0.2) is 59.4 Å². The average Bonchev–Trinajstić information content (AvgIpc) is 2.89. The van der Waals surface area contributed by atoms with Crippen LogP contribution in [0.5, 0.6) is 0 Å². The van der Waals surface area contributed by atoms with Crippen molar-refractivity contribution in [2.24, 2.45) is 0 Å². The lowest BCUT2D eigenvalue weighted by Crippen LogP contribution is -2.41. The molecule has 2 fully saturated rings. The number of benzene rings is 1. The van der Waals surface area contributed by atoms with Crippen molar-refractivity contribution in [3.05, 3.63) is 24.4 Å². The zero-order valence-electron chi connectivity index (χ0n) is 18.5. The largest absolute Gasteiger partial charge is 0.494 e. The zero-order valence-corrected chi connectivity index (χ0v) is 18.5. The summed E-state index contributed by atoms with van der Waals surface area (Å²) in [6.07, 6.45) is 6.65. The highest BCUT2D eigenvalue weighted by Crippen LogP contribution is 2.36. The lowest BCUT2D eigenvalue weighted by atomic mass is 9.78. The Hall–Kier alpha value is -1.70. The third-order valence-electron chi connectivity index (χ3n) is 6.89. The molecule has 0 spiro atoms. The Morgan fingerprint density at radius 3 is 2.31 bits per heavy atom. The van der Waals surface area contributed by atoms with E-state index in [9.17, 15) is 0 Å². The maximum absolute atomic E-state index is 6.17. The molecule has 2 aliphatic rings. The molecule has 1 aromatic carbocycles. The summed E-state index contributed by atoms with van der Waals surface area (Å²) in [6.45, 7) is 8.28. The van der Waals surface area contributed by atoms with E-state index >= 15 is 0 Å². The summed E-state index contributed by atoms with van der Waals surface area (Å²) in [4.78, 5) is 11.6. The summed E-state index contributed by atoms with van der Waals surface area (Å²) in [6, 6.07) is 7.30. The van der Waals surface area contributed by atoms with Crippen LogP contribution in [0, 0.1) is 0 Å². The van der Waals surface area contributed by atoms with E-state index in [1.807, 2.05) is 18.3 Å². The van der Waals surface area contributed by atoms with Gasteiger partial charge in [-0.1, -0.05) is 12.1 Å². The standard InChI is InChI=1S/C22H33BN4O2/c1-21(2)22(3,4)29-23(28-21)16-7-12-19-15(13-16)14-24-20(26-19)25-17-8-10-18(11-9-17)27(5)6/h7,12-14,17-18H,8-11H2,1-6H3,(H,24,25,26)/t17-,18-. The Bertz CT molecular complexity index is 862. The average molecular weight is 396 g/mol. The van der Waals surface area contributed by atoms with E-state index in [-0.39, 0.29) is 18.3 Å². The van der Waals surface area contributed by atoms with Crippen molar-refractivity contribution in [2.45, 2.75) is 76.7 Å². The summed E-state index contributed by atoms with van der Waals surface area (Å²) >= 11 is 0. The number of hydrogen-bond donors (Lipinski definition) is 1. The molecule has 1 N–H and O–H groups in total. The van der Waals surface area contributed by atoms with Gasteiger partial charge in [0.25, 0.3) is 0 Å². The van der Waals surface area contributed by atoms with Gasteiger partial charge in [0.05, 0.1) is 16.7 Å². The first-order chi connectivity index (χ1) is 13.6. The molecule has 0 amide bonds. The fraction of sp³-hybridized carbons (Fsp3) is 0.636. The minimum atomic E-state index is -0.367. The van der Waals surface area contributed by atoms with Crippen LogP contribution in [0.1, 0.15) is 53.4 Å². The Morgan fingerprint density at radius 1 is 1.03 bits per heavy atom. The third-order valence-corrected chi connectivity index (χ3v) is 6.89. The van der Waals surface area contributed by atoms with Crippen LogP contribution in [0.25, 0.3) is 10.9 Å². The number of nitrogens with zero attached hydrogens (tertiary/aromatic N) is 3. The minimum absolute atomic E-state index is 0.345. The minimum Gasteiger partial charge on any atom is -0.399 e. The van der Waals surface area contributed by atoms with Gasteiger partial charge in [-0.15, -0.1) is 0 Å². The molecule has 1 aliphatic heterocycles. The Balaban J connectivity index is 1.46. The summed E-state index contributed by atoms with van der Waals surface area (Å²) in [5, 5.41) is 4.53. The van der Waals surface area contributed by atoms with Crippen LogP contribution in [0.2, 0.25) is 0 Å². The Morgan fingerprint density at radius 2 is 1.69 bits per heavy atom. The van der Waals surface area contributed by atoms with Crippen LogP contribution in [0.4, 0.5) is 5.95 Å². The molecular formula is C22H33BN4O2. The second-order valence-electron chi connectivity index (χ2n) is 9.71. The predicted molar refractivity (Wildman–Crippen MR) is 119 cm³/mol. The molecule has 29 heavy (non-hydrogen) atoms. The summed E-state index contributed by atoms with van der Waals surface area (Å²) in [5.41, 5.74) is 1.25. The number of rotatable bonds is 4. The van der Waals surface area contributed by atoms with Crippen molar-refractivity contribution >= 4 is 29.4 Å². The molecule has 0 bridgehead atoms. The molecule has 1 saturated heterocycles. The van der Waals surface area contributed by atoms with Gasteiger partial charge in [0.2, 0.25) is 5.95 Å². The van der Waals surface area contributed by atoms with Gasteiger partial charge in [-0.3, -0.25) is 0 Å². The molecule has 1 aliphatic carbocycles. The zero-order chi connectivity index (χ0) is 20.8. The van der Waals surface area contributed by atoms with Crippen LogP contribution in [-0.2, 0) is 9.31 Å². The van der Waals surface area contributed by atoms with Crippen LogP contribution >= 0.6 is 0 Å². The van der Waals surface area contributed by atoms with Crippen molar-refractivity contribution in [1.82, 2.24) is 14.9 Å². The molecule has 2 aromatic rings. The quantitative estimate of drug-likeness (QED) is 0.801. The first-order valence-corrected chi connectivity index (χ1v) is 10.7. The number of anilines is 1. The topological polar surface area (TPSA) is 59.5 Å². The van der Waals surface area contributed by atoms with Crippen molar-refractivity contribution in [3.8, 4) is 0 Å². The highest BCUT2D eigenvalue weighted by atomic mass is 16.7. The van der Waals surface area contributed by atoms with Gasteiger partial charge < -0.3 is 19.5 Å². The van der Waals surface area contributed by atoms with E-state index in [1.165, 1.54) is 12.8 Å². The van der Waals surface area contributed by atoms with Crippen molar-refractivity contribution in [3.63, 3.8) is 0 Å². The second-order valence-corrected chi connectivity index (χ2v) is 9.71. The summed E-state index contributed by atoms with van der Waals surface area (Å²) in [5.74, 6) is 0.717. The number of fused-ring (bicyclic) bond motifs is 1. The fourth-order valence-electron chi connectivity index (χ4n) is 4.17. The number of aromatic nitrogens is 2. The molecule has 0 atom stereocenters. The third kappa shape index (κ3) is 4.13. The molecule has 1 saturated carbocycles. The van der Waals surface area contributed by atoms with Gasteiger partial charge in [0.15, 0.2) is 0 Å². The van der Waals surface area contributed by atoms with Gasteiger partial charge in [0, 0.05) is 23.7 Å². The fourth-order valence-corrected chi connectivity index (χ4v) is 4.17. The smallest absolute Gasteiger partial charge is 0.399 e. The van der Waals surface area contributed by atoms with Crippen molar-refractivity contribution in [2.75, 3.05) is 19.4 Å². The van der Waals surface area contributed by atoms with Crippen LogP contribution < -0.4 is 10.8 Å². The van der Waals surface area contributed by atoms with Crippen LogP contribution in [0.15, 0.2) is 24.4 Å². The number of nitrogens with one attached hydrogen (secondary N) is 1. The van der Waals surface area contributed by atoms with Gasteiger partial charge in [0.1, 0.15) is 0 Å². The molecule has 2 heterocycles. The van der Waals surface area contributed by atoms with E-state index in [0.29, 0.717) is 18.0 Å². The molecule has 7 heteroatoms. The SMILES string of the molecule is CN(C)[C@H]1CC[C@H](Nc2ncc3cc(B4OC(C)(C)C(C)(C)O4)ccc3n2)CC1. The van der Waals surface area contributed by atoms with Crippen molar-refractivity contribution in [1.29, 1.82) is 0 Å². The van der Waals surface area contributed by atoms with Crippen LogP contribution in [0.3, 0.4) is 0 Å². The van der Waals surface area contributed by atoms with E-state index in [0.717, 1.165) is 29.2 Å². The maximum Gasteiger partial charge on any atom is 0.494 e. The maximum atomic E-state index is 6.17. The molecule has 6 nitrogen and oxygen atoms in total. The Labute approximate surface area is 174 Å². The van der Waals surface area contributed by atoms with Gasteiger partial charge in [-0.2, -0.15) is 0 Å². The first kappa shape index (κ1) is 20.6. The van der Waals surface area contributed by atoms with E-state index in [1.54, 1.807) is 0 Å². The molecule has 1 aromatic heterocycles. The molecule has 156 valence electrons. The first-order valence-electron chi connectivity index (χ1n) is 10.7. The highest BCUT2D eigenvalue weighted by Gasteiger charge is 2.51. The van der Waals surface area contributed by atoms with E-state index in [2.05, 4.69) is 63.1 Å². The number of hydrogen-bond acceptors (Lipinski definition) is 6. The van der Waals surface area contributed by atoms with E-state index < -0.39 is 0 Å². The Kier molecular flexibility index (Phi) is 5.34. The van der Waals surface area contributed by atoms with Gasteiger partial charge in [-0.25, -0.2) is 9.97 Å². The van der Waals surface area contributed by atoms with Crippen molar-refractivity contribution < 1.29 is 9.31 Å². The van der Waals surface area contributed by atoms with E-state index in [4.69, 9.17) is 14.3 Å². The normalized spacial score (nSPS) is 26.2. The van der Waals surface area contributed by atoms with Gasteiger partial charge in [-0.05, 0) is 79.0 Å². The lowest BCUT2D eigenvalue weighted by molar-refractivity contribution is 0.00578. The monoisotopic (exact) mass is 396 g/mol.